The number of likely N-dealkylation sites (tertiary alicyclic amines) is 1. The van der Waals surface area contributed by atoms with E-state index in [1.54, 1.807) is 0 Å². The zero-order valence-corrected chi connectivity index (χ0v) is 15.8. The van der Waals surface area contributed by atoms with Gasteiger partial charge in [0.05, 0.1) is 5.56 Å². The first-order chi connectivity index (χ1) is 12.1. The Kier molecular flexibility index (Phi) is 6.29. The van der Waals surface area contributed by atoms with Crippen LogP contribution in [-0.2, 0) is 0 Å². The van der Waals surface area contributed by atoms with Crippen molar-refractivity contribution in [3.8, 4) is 0 Å². The van der Waals surface area contributed by atoms with Gasteiger partial charge in [0.15, 0.2) is 0 Å². The maximum absolute atomic E-state index is 13.0. The van der Waals surface area contributed by atoms with Crippen LogP contribution in [0.1, 0.15) is 49.9 Å². The Hall–Kier alpha value is -1.62. The highest BCUT2D eigenvalue weighted by Gasteiger charge is 2.25. The molecule has 0 aromatic carbocycles. The molecule has 138 valence electrons. The molecule has 1 amide bonds. The van der Waals surface area contributed by atoms with Crippen LogP contribution in [0.15, 0.2) is 18.3 Å². The lowest BCUT2D eigenvalue weighted by Gasteiger charge is -2.37. The molecule has 2 saturated heterocycles. The number of nitrogens with zero attached hydrogens (tertiary/aromatic N) is 4. The number of carbonyl (C=O) groups excluding carboxylic acids is 1. The van der Waals surface area contributed by atoms with Crippen LogP contribution >= 0.6 is 0 Å². The maximum Gasteiger partial charge on any atom is 0.257 e. The average molecular weight is 345 g/mol. The molecular formula is C20H32N4O. The molecule has 0 atom stereocenters. The van der Waals surface area contributed by atoms with Crippen LogP contribution in [0, 0.1) is 5.92 Å². The number of anilines is 1. The minimum Gasteiger partial charge on any atom is -0.353 e. The number of pyridine rings is 1. The van der Waals surface area contributed by atoms with E-state index in [1.807, 2.05) is 23.2 Å². The molecule has 3 heterocycles. The normalized spacial score (nSPS) is 19.5. The van der Waals surface area contributed by atoms with E-state index < -0.39 is 0 Å². The van der Waals surface area contributed by atoms with Crippen molar-refractivity contribution in [3.63, 3.8) is 0 Å². The SMILES string of the molecule is CC(C)CCN1CCN(c2ncccc2C(=O)N2CCCCC2)CC1. The van der Waals surface area contributed by atoms with Crippen LogP contribution in [0.4, 0.5) is 5.82 Å². The van der Waals surface area contributed by atoms with Crippen molar-refractivity contribution in [1.29, 1.82) is 0 Å². The van der Waals surface area contributed by atoms with E-state index in [0.29, 0.717) is 0 Å². The average Bonchev–Trinajstić information content (AvgIpc) is 2.67. The summed E-state index contributed by atoms with van der Waals surface area (Å²) in [5, 5.41) is 0. The highest BCUT2D eigenvalue weighted by atomic mass is 16.2. The van der Waals surface area contributed by atoms with E-state index in [9.17, 15) is 4.79 Å². The second-order valence-corrected chi connectivity index (χ2v) is 7.74. The van der Waals surface area contributed by atoms with Gasteiger partial charge in [-0.3, -0.25) is 9.69 Å². The van der Waals surface area contributed by atoms with Crippen LogP contribution in [0.25, 0.3) is 0 Å². The predicted molar refractivity (Wildman–Crippen MR) is 102 cm³/mol. The summed E-state index contributed by atoms with van der Waals surface area (Å²) in [6.45, 7) is 11.5. The summed E-state index contributed by atoms with van der Waals surface area (Å²) in [7, 11) is 0. The Balaban J connectivity index is 1.64. The summed E-state index contributed by atoms with van der Waals surface area (Å²) in [5.74, 6) is 1.79. The molecule has 1 aromatic heterocycles. The molecule has 2 fully saturated rings. The number of rotatable bonds is 5. The standard InChI is InChI=1S/C20H32N4O/c1-17(2)8-12-22-13-15-23(16-14-22)19-18(7-6-9-21-19)20(25)24-10-4-3-5-11-24/h6-7,9,17H,3-5,8,10-16H2,1-2H3. The van der Waals surface area contributed by atoms with Crippen molar-refractivity contribution >= 4 is 11.7 Å². The number of piperidine rings is 1. The molecule has 2 aliphatic heterocycles. The van der Waals surface area contributed by atoms with Gasteiger partial charge in [-0.25, -0.2) is 4.98 Å². The summed E-state index contributed by atoms with van der Waals surface area (Å²) >= 11 is 0. The second-order valence-electron chi connectivity index (χ2n) is 7.74. The molecule has 1 aromatic rings. The molecule has 0 bridgehead atoms. The van der Waals surface area contributed by atoms with Crippen molar-refractivity contribution in [2.75, 3.05) is 50.7 Å². The lowest BCUT2D eigenvalue weighted by atomic mass is 10.1. The van der Waals surface area contributed by atoms with Crippen molar-refractivity contribution in [2.45, 2.75) is 39.5 Å². The van der Waals surface area contributed by atoms with E-state index in [1.165, 1.54) is 19.4 Å². The fraction of sp³-hybridized carbons (Fsp3) is 0.700. The summed E-state index contributed by atoms with van der Waals surface area (Å²) in [6.07, 6.45) is 6.55. The molecule has 2 aliphatic rings. The minimum atomic E-state index is 0.157. The maximum atomic E-state index is 13.0. The number of aromatic nitrogens is 1. The zero-order valence-electron chi connectivity index (χ0n) is 15.8. The van der Waals surface area contributed by atoms with Crippen LogP contribution in [-0.4, -0.2) is 66.5 Å². The van der Waals surface area contributed by atoms with Crippen LogP contribution in [0.2, 0.25) is 0 Å². The monoisotopic (exact) mass is 344 g/mol. The molecule has 5 heteroatoms. The van der Waals surface area contributed by atoms with E-state index in [-0.39, 0.29) is 5.91 Å². The number of piperazine rings is 1. The van der Waals surface area contributed by atoms with Crippen molar-refractivity contribution in [3.05, 3.63) is 23.9 Å². The molecule has 0 radical (unpaired) electrons. The number of hydrogen-bond donors (Lipinski definition) is 0. The van der Waals surface area contributed by atoms with E-state index in [0.717, 1.165) is 69.4 Å². The van der Waals surface area contributed by atoms with E-state index in [4.69, 9.17) is 0 Å². The zero-order chi connectivity index (χ0) is 17.6. The molecule has 0 N–H and O–H groups in total. The number of carbonyl (C=O) groups is 1. The first-order valence-corrected chi connectivity index (χ1v) is 9.87. The van der Waals surface area contributed by atoms with Gasteiger partial charge in [0.1, 0.15) is 5.82 Å². The van der Waals surface area contributed by atoms with Gasteiger partial charge in [0, 0.05) is 45.5 Å². The van der Waals surface area contributed by atoms with Crippen LogP contribution in [0.3, 0.4) is 0 Å². The highest BCUT2D eigenvalue weighted by Crippen LogP contribution is 2.22. The Morgan fingerprint density at radius 3 is 2.48 bits per heavy atom. The lowest BCUT2D eigenvalue weighted by molar-refractivity contribution is 0.0724. The lowest BCUT2D eigenvalue weighted by Crippen LogP contribution is -2.48. The molecule has 0 spiro atoms. The number of hydrogen-bond acceptors (Lipinski definition) is 4. The molecular weight excluding hydrogens is 312 g/mol. The third-order valence-electron chi connectivity index (χ3n) is 5.35. The largest absolute Gasteiger partial charge is 0.353 e. The Labute approximate surface area is 152 Å². The van der Waals surface area contributed by atoms with Gasteiger partial charge in [-0.05, 0) is 50.3 Å². The first-order valence-electron chi connectivity index (χ1n) is 9.87. The Morgan fingerprint density at radius 1 is 1.08 bits per heavy atom. The van der Waals surface area contributed by atoms with Crippen LogP contribution < -0.4 is 4.90 Å². The predicted octanol–water partition coefficient (Wildman–Crippen LogP) is 2.88. The van der Waals surface area contributed by atoms with Gasteiger partial charge in [-0.15, -0.1) is 0 Å². The van der Waals surface area contributed by atoms with Gasteiger partial charge in [-0.2, -0.15) is 0 Å². The molecule has 25 heavy (non-hydrogen) atoms. The second kappa shape index (κ2) is 8.65. The van der Waals surface area contributed by atoms with Gasteiger partial charge in [0.2, 0.25) is 0 Å². The van der Waals surface area contributed by atoms with Crippen molar-refractivity contribution < 1.29 is 4.79 Å². The third kappa shape index (κ3) is 4.72. The van der Waals surface area contributed by atoms with Gasteiger partial charge < -0.3 is 9.80 Å². The van der Waals surface area contributed by atoms with Gasteiger partial charge in [-0.1, -0.05) is 13.8 Å². The smallest absolute Gasteiger partial charge is 0.257 e. The topological polar surface area (TPSA) is 39.7 Å². The quantitative estimate of drug-likeness (QED) is 0.823. The Morgan fingerprint density at radius 2 is 1.80 bits per heavy atom. The fourth-order valence-electron chi connectivity index (χ4n) is 3.71. The number of amides is 1. The molecule has 0 unspecified atom stereocenters. The third-order valence-corrected chi connectivity index (χ3v) is 5.35. The van der Waals surface area contributed by atoms with E-state index >= 15 is 0 Å². The summed E-state index contributed by atoms with van der Waals surface area (Å²) in [4.78, 5) is 24.4. The van der Waals surface area contributed by atoms with Crippen molar-refractivity contribution in [2.24, 2.45) is 5.92 Å². The first kappa shape index (κ1) is 18.2. The molecule has 5 nitrogen and oxygen atoms in total. The van der Waals surface area contributed by atoms with Gasteiger partial charge >= 0.3 is 0 Å². The summed E-state index contributed by atoms with van der Waals surface area (Å²) in [5.41, 5.74) is 0.778. The van der Waals surface area contributed by atoms with Crippen LogP contribution in [0.5, 0.6) is 0 Å². The molecule has 0 aliphatic carbocycles. The highest BCUT2D eigenvalue weighted by molar-refractivity contribution is 5.99. The van der Waals surface area contributed by atoms with Gasteiger partial charge in [0.25, 0.3) is 5.91 Å². The molecule has 3 rings (SSSR count). The fourth-order valence-corrected chi connectivity index (χ4v) is 3.71. The Bertz CT molecular complexity index is 561. The molecule has 0 saturated carbocycles. The minimum absolute atomic E-state index is 0.157. The summed E-state index contributed by atoms with van der Waals surface area (Å²) < 4.78 is 0. The summed E-state index contributed by atoms with van der Waals surface area (Å²) in [6, 6.07) is 3.84. The van der Waals surface area contributed by atoms with Crippen molar-refractivity contribution in [1.82, 2.24) is 14.8 Å². The van der Waals surface area contributed by atoms with E-state index in [2.05, 4.69) is 28.6 Å².